The summed E-state index contributed by atoms with van der Waals surface area (Å²) in [6, 6.07) is 0. The second kappa shape index (κ2) is 10.8. The van der Waals surface area contributed by atoms with Crippen LogP contribution in [0, 0.1) is 16.2 Å². The zero-order valence-electron chi connectivity index (χ0n) is 18.5. The molecule has 0 aromatic heterocycles. The summed E-state index contributed by atoms with van der Waals surface area (Å²) in [5.41, 5.74) is -2.40. The second-order valence-electron chi connectivity index (χ2n) is 8.92. The molecule has 0 N–H and O–H groups in total. The Balaban J connectivity index is 2.69. The Morgan fingerprint density at radius 2 is 1.33 bits per heavy atom. The summed E-state index contributed by atoms with van der Waals surface area (Å²) >= 11 is 0. The Kier molecular flexibility index (Phi) is 8.69. The Hall–Kier alpha value is -2.10. The molecule has 2 aliphatic carbocycles. The molecule has 0 aromatic carbocycles. The molecule has 0 aromatic rings. The van der Waals surface area contributed by atoms with Gasteiger partial charge in [-0.1, -0.05) is 88.1 Å². The van der Waals surface area contributed by atoms with Crippen LogP contribution >= 0.6 is 0 Å². The minimum atomic E-state index is -1.19. The summed E-state index contributed by atoms with van der Waals surface area (Å²) < 4.78 is 0. The van der Waals surface area contributed by atoms with Crippen LogP contribution in [0.15, 0.2) is 48.6 Å². The lowest BCUT2D eigenvalue weighted by Crippen LogP contribution is -2.62. The standard InChI is InChI=1S/C26H38O4/c1-3-5-15-24(17-9-7-10-18-24)26(23(29)30,21-13-14-22(27)28)25(16-6-4-2)19-11-8-12-20-25/h7-12,17,19H,3-6,13-16,18,20-21H2,1-2H3,(H,27,28)(H,29,30)/p-2. The van der Waals surface area contributed by atoms with Gasteiger partial charge in [-0.3, -0.25) is 0 Å². The van der Waals surface area contributed by atoms with Gasteiger partial charge in [-0.2, -0.15) is 0 Å². The second-order valence-corrected chi connectivity index (χ2v) is 8.92. The van der Waals surface area contributed by atoms with E-state index in [9.17, 15) is 19.8 Å². The molecule has 2 unspecified atom stereocenters. The Morgan fingerprint density at radius 3 is 1.67 bits per heavy atom. The summed E-state index contributed by atoms with van der Waals surface area (Å²) in [7, 11) is 0. The fourth-order valence-electron chi connectivity index (χ4n) is 5.74. The van der Waals surface area contributed by atoms with Crippen molar-refractivity contribution in [3.05, 3.63) is 48.6 Å². The van der Waals surface area contributed by atoms with E-state index in [1.807, 2.05) is 24.3 Å². The van der Waals surface area contributed by atoms with Crippen molar-refractivity contribution in [3.63, 3.8) is 0 Å². The van der Waals surface area contributed by atoms with Crippen molar-refractivity contribution in [1.82, 2.24) is 0 Å². The third-order valence-corrected chi connectivity index (χ3v) is 7.22. The monoisotopic (exact) mass is 412 g/mol. The van der Waals surface area contributed by atoms with Gasteiger partial charge >= 0.3 is 0 Å². The molecule has 4 nitrogen and oxygen atoms in total. The molecule has 2 rings (SSSR count). The molecule has 2 atom stereocenters. The van der Waals surface area contributed by atoms with Crippen molar-refractivity contribution in [1.29, 1.82) is 0 Å². The molecule has 2 aliphatic rings. The molecule has 0 amide bonds. The zero-order chi connectivity index (χ0) is 22.1. The van der Waals surface area contributed by atoms with Crippen molar-refractivity contribution in [2.24, 2.45) is 16.2 Å². The lowest BCUT2D eigenvalue weighted by atomic mass is 9.44. The van der Waals surface area contributed by atoms with Crippen LogP contribution in [0.4, 0.5) is 0 Å². The van der Waals surface area contributed by atoms with Crippen molar-refractivity contribution in [3.8, 4) is 0 Å². The third kappa shape index (κ3) is 4.63. The average Bonchev–Trinajstić information content (AvgIpc) is 2.74. The van der Waals surface area contributed by atoms with Crippen LogP contribution in [0.25, 0.3) is 0 Å². The van der Waals surface area contributed by atoms with E-state index < -0.39 is 28.2 Å². The van der Waals surface area contributed by atoms with Crippen LogP contribution in [0.1, 0.15) is 84.5 Å². The number of carboxylic acids is 2. The van der Waals surface area contributed by atoms with Crippen LogP contribution in [0.2, 0.25) is 0 Å². The number of carboxylic acid groups (broad SMARTS) is 2. The number of hydrogen-bond acceptors (Lipinski definition) is 4. The maximum absolute atomic E-state index is 13.2. The van der Waals surface area contributed by atoms with Gasteiger partial charge in [0.25, 0.3) is 0 Å². The van der Waals surface area contributed by atoms with E-state index in [0.717, 1.165) is 38.5 Å². The minimum absolute atomic E-state index is 0.137. The lowest BCUT2D eigenvalue weighted by molar-refractivity contribution is -0.333. The molecule has 0 aliphatic heterocycles. The number of aliphatic carboxylic acids is 2. The van der Waals surface area contributed by atoms with E-state index in [4.69, 9.17) is 0 Å². The van der Waals surface area contributed by atoms with E-state index in [2.05, 4.69) is 38.2 Å². The molecule has 0 saturated heterocycles. The first-order chi connectivity index (χ1) is 14.4. The molecule has 0 saturated carbocycles. The lowest BCUT2D eigenvalue weighted by Gasteiger charge is -2.61. The van der Waals surface area contributed by atoms with E-state index in [0.29, 0.717) is 12.8 Å². The van der Waals surface area contributed by atoms with Crippen LogP contribution in [0.5, 0.6) is 0 Å². The predicted octanol–water partition coefficient (Wildman–Crippen LogP) is 4.03. The van der Waals surface area contributed by atoms with Crippen molar-refractivity contribution >= 4 is 11.9 Å². The van der Waals surface area contributed by atoms with Gasteiger partial charge in [0.05, 0.1) is 0 Å². The summed E-state index contributed by atoms with van der Waals surface area (Å²) in [6.45, 7) is 4.23. The van der Waals surface area contributed by atoms with Crippen molar-refractivity contribution in [2.75, 3.05) is 0 Å². The molecule has 0 heterocycles. The molecular formula is C26H36O4-2. The number of allylic oxidation sites excluding steroid dienone is 8. The number of carbonyl (C=O) groups is 2. The summed E-state index contributed by atoms with van der Waals surface area (Å²) in [6.07, 6.45) is 23.1. The quantitative estimate of drug-likeness (QED) is 0.457. The van der Waals surface area contributed by atoms with E-state index in [-0.39, 0.29) is 19.3 Å². The normalized spacial score (nSPS) is 27.1. The van der Waals surface area contributed by atoms with Crippen LogP contribution in [-0.4, -0.2) is 11.9 Å². The molecule has 166 valence electrons. The highest BCUT2D eigenvalue weighted by atomic mass is 16.4. The Bertz CT molecular complexity index is 673. The van der Waals surface area contributed by atoms with Gasteiger partial charge in [0, 0.05) is 28.2 Å². The molecule has 0 radical (unpaired) electrons. The summed E-state index contributed by atoms with van der Waals surface area (Å²) in [5.74, 6) is -2.18. The first kappa shape index (κ1) is 24.2. The van der Waals surface area contributed by atoms with Crippen LogP contribution in [-0.2, 0) is 9.59 Å². The first-order valence-electron chi connectivity index (χ1n) is 11.5. The highest BCUT2D eigenvalue weighted by Gasteiger charge is 2.60. The van der Waals surface area contributed by atoms with Crippen molar-refractivity contribution in [2.45, 2.75) is 84.5 Å². The summed E-state index contributed by atoms with van der Waals surface area (Å²) in [5, 5.41) is 24.4. The zero-order valence-corrected chi connectivity index (χ0v) is 18.5. The van der Waals surface area contributed by atoms with Crippen molar-refractivity contribution < 1.29 is 19.8 Å². The molecular weight excluding hydrogens is 376 g/mol. The van der Waals surface area contributed by atoms with Crippen LogP contribution < -0.4 is 10.2 Å². The van der Waals surface area contributed by atoms with Gasteiger partial charge in [-0.15, -0.1) is 0 Å². The molecule has 0 spiro atoms. The number of unbranched alkanes of at least 4 members (excludes halogenated alkanes) is 2. The summed E-state index contributed by atoms with van der Waals surface area (Å²) in [4.78, 5) is 24.4. The number of hydrogen-bond donors (Lipinski definition) is 0. The fourth-order valence-corrected chi connectivity index (χ4v) is 5.74. The SMILES string of the molecule is CCCCC1(C(CCCC(=O)[O-])(C(=O)[O-])C2(CCCC)C=CC=CC2)C=CC=CC1. The van der Waals surface area contributed by atoms with Crippen LogP contribution in [0.3, 0.4) is 0 Å². The fraction of sp³-hybridized carbons (Fsp3) is 0.615. The maximum Gasteiger partial charge on any atom is 0.0493 e. The van der Waals surface area contributed by atoms with Gasteiger partial charge < -0.3 is 19.8 Å². The maximum atomic E-state index is 13.2. The van der Waals surface area contributed by atoms with Gasteiger partial charge in [0.2, 0.25) is 0 Å². The smallest absolute Gasteiger partial charge is 0.0493 e. The average molecular weight is 413 g/mol. The van der Waals surface area contributed by atoms with E-state index >= 15 is 0 Å². The van der Waals surface area contributed by atoms with Gasteiger partial charge in [0.1, 0.15) is 0 Å². The first-order valence-corrected chi connectivity index (χ1v) is 11.5. The molecule has 0 fully saturated rings. The third-order valence-electron chi connectivity index (χ3n) is 7.22. The highest BCUT2D eigenvalue weighted by molar-refractivity contribution is 5.77. The van der Waals surface area contributed by atoms with Gasteiger partial charge in [0.15, 0.2) is 0 Å². The van der Waals surface area contributed by atoms with Gasteiger partial charge in [-0.05, 0) is 44.9 Å². The molecule has 0 bridgehead atoms. The van der Waals surface area contributed by atoms with E-state index in [1.165, 1.54) is 0 Å². The number of rotatable bonds is 13. The predicted molar refractivity (Wildman–Crippen MR) is 116 cm³/mol. The van der Waals surface area contributed by atoms with E-state index in [1.54, 1.807) is 0 Å². The number of carbonyl (C=O) groups excluding carboxylic acids is 2. The minimum Gasteiger partial charge on any atom is -0.550 e. The molecule has 4 heteroatoms. The Morgan fingerprint density at radius 1 is 0.833 bits per heavy atom. The Labute approximate surface area is 181 Å². The molecule has 30 heavy (non-hydrogen) atoms. The highest BCUT2D eigenvalue weighted by Crippen LogP contribution is 2.64. The topological polar surface area (TPSA) is 80.3 Å². The largest absolute Gasteiger partial charge is 0.550 e. The van der Waals surface area contributed by atoms with Gasteiger partial charge in [-0.25, -0.2) is 0 Å².